The predicted molar refractivity (Wildman–Crippen MR) is 99.5 cm³/mol. The zero-order valence-corrected chi connectivity index (χ0v) is 14.9. The van der Waals surface area contributed by atoms with Crippen molar-refractivity contribution in [1.82, 2.24) is 15.1 Å². The summed E-state index contributed by atoms with van der Waals surface area (Å²) in [7, 11) is 0. The fraction of sp³-hybridized carbons (Fsp3) is 0.211. The molecule has 0 radical (unpaired) electrons. The van der Waals surface area contributed by atoms with Crippen molar-refractivity contribution >= 4 is 17.2 Å². The van der Waals surface area contributed by atoms with E-state index in [0.717, 1.165) is 16.0 Å². The summed E-state index contributed by atoms with van der Waals surface area (Å²) in [5, 5.41) is 9.19. The summed E-state index contributed by atoms with van der Waals surface area (Å²) in [6.45, 7) is 4.14. The minimum Gasteiger partial charge on any atom is -0.349 e. The molecule has 3 rings (SSSR count). The lowest BCUT2D eigenvalue weighted by Gasteiger charge is -2.14. The van der Waals surface area contributed by atoms with Crippen LogP contribution in [0.2, 0.25) is 0 Å². The molecule has 2 aromatic heterocycles. The van der Waals surface area contributed by atoms with Gasteiger partial charge < -0.3 is 5.32 Å². The second-order valence-corrected chi connectivity index (χ2v) is 6.87. The lowest BCUT2D eigenvalue weighted by atomic mass is 10.1. The molecule has 1 N–H and O–H groups in total. The van der Waals surface area contributed by atoms with E-state index in [0.29, 0.717) is 12.2 Å². The quantitative estimate of drug-likeness (QED) is 0.766. The van der Waals surface area contributed by atoms with Gasteiger partial charge in [0.25, 0.3) is 5.56 Å². The highest BCUT2D eigenvalue weighted by molar-refractivity contribution is 7.09. The molecule has 0 aliphatic rings. The van der Waals surface area contributed by atoms with Gasteiger partial charge in [-0.25, -0.2) is 4.68 Å². The number of carbonyl (C=O) groups excluding carboxylic acids is 1. The minimum atomic E-state index is -0.683. The molecular weight excluding hydrogens is 334 g/mol. The van der Waals surface area contributed by atoms with Crippen molar-refractivity contribution in [2.45, 2.75) is 26.4 Å². The zero-order chi connectivity index (χ0) is 17.8. The Bertz CT molecular complexity index is 915. The Morgan fingerprint density at radius 3 is 2.64 bits per heavy atom. The fourth-order valence-corrected chi connectivity index (χ4v) is 3.07. The molecular formula is C19H19N3O2S. The van der Waals surface area contributed by atoms with Crippen LogP contribution in [0.1, 0.15) is 23.4 Å². The minimum absolute atomic E-state index is 0.232. The van der Waals surface area contributed by atoms with E-state index in [9.17, 15) is 9.59 Å². The van der Waals surface area contributed by atoms with Crippen LogP contribution in [0.15, 0.2) is 58.7 Å². The zero-order valence-electron chi connectivity index (χ0n) is 14.1. The van der Waals surface area contributed by atoms with Gasteiger partial charge in [0.05, 0.1) is 12.2 Å². The Hall–Kier alpha value is -2.73. The third-order valence-electron chi connectivity index (χ3n) is 3.94. The van der Waals surface area contributed by atoms with Crippen molar-refractivity contribution < 1.29 is 4.79 Å². The topological polar surface area (TPSA) is 64.0 Å². The average molecular weight is 353 g/mol. The molecule has 1 aromatic carbocycles. The Balaban J connectivity index is 1.80. The number of thiophene rings is 1. The maximum atomic E-state index is 12.4. The van der Waals surface area contributed by atoms with Crippen molar-refractivity contribution in [2.75, 3.05) is 0 Å². The predicted octanol–water partition coefficient (Wildman–Crippen LogP) is 3.16. The van der Waals surface area contributed by atoms with Gasteiger partial charge in [-0.2, -0.15) is 5.10 Å². The highest BCUT2D eigenvalue weighted by Gasteiger charge is 2.18. The molecule has 25 heavy (non-hydrogen) atoms. The van der Waals surface area contributed by atoms with Gasteiger partial charge in [0, 0.05) is 16.5 Å². The molecule has 0 aliphatic carbocycles. The van der Waals surface area contributed by atoms with E-state index in [2.05, 4.69) is 10.4 Å². The van der Waals surface area contributed by atoms with Gasteiger partial charge in [0.2, 0.25) is 5.91 Å². The number of hydrogen-bond acceptors (Lipinski definition) is 4. The van der Waals surface area contributed by atoms with Gasteiger partial charge in [-0.1, -0.05) is 35.9 Å². The van der Waals surface area contributed by atoms with Crippen LogP contribution in [0, 0.1) is 6.92 Å². The third-order valence-corrected chi connectivity index (χ3v) is 4.81. The van der Waals surface area contributed by atoms with E-state index in [-0.39, 0.29) is 11.5 Å². The highest BCUT2D eigenvalue weighted by Crippen LogP contribution is 2.17. The maximum absolute atomic E-state index is 12.4. The van der Waals surface area contributed by atoms with Crippen molar-refractivity contribution in [3.8, 4) is 11.3 Å². The molecule has 2 heterocycles. The van der Waals surface area contributed by atoms with Crippen LogP contribution >= 0.6 is 11.3 Å². The van der Waals surface area contributed by atoms with Crippen LogP contribution < -0.4 is 10.9 Å². The Kier molecular flexibility index (Phi) is 5.09. The summed E-state index contributed by atoms with van der Waals surface area (Å²) in [5.41, 5.74) is 2.43. The molecule has 1 amide bonds. The van der Waals surface area contributed by atoms with Gasteiger partial charge in [-0.15, -0.1) is 11.3 Å². The summed E-state index contributed by atoms with van der Waals surface area (Å²) < 4.78 is 1.24. The molecule has 0 aliphatic heterocycles. The van der Waals surface area contributed by atoms with Crippen LogP contribution in [0.5, 0.6) is 0 Å². The van der Waals surface area contributed by atoms with E-state index in [1.807, 2.05) is 48.7 Å². The number of aromatic nitrogens is 2. The average Bonchev–Trinajstić information content (AvgIpc) is 3.14. The van der Waals surface area contributed by atoms with E-state index < -0.39 is 6.04 Å². The molecule has 128 valence electrons. The molecule has 6 heteroatoms. The van der Waals surface area contributed by atoms with Gasteiger partial charge in [-0.05, 0) is 31.4 Å². The molecule has 1 unspecified atom stereocenters. The lowest BCUT2D eigenvalue weighted by Crippen LogP contribution is -2.36. The van der Waals surface area contributed by atoms with Crippen molar-refractivity contribution in [1.29, 1.82) is 0 Å². The van der Waals surface area contributed by atoms with E-state index >= 15 is 0 Å². The SMILES string of the molecule is Cc1ccc(-c2ccc(=O)n(C(C)C(=O)NCc3cccs3)n2)cc1. The number of hydrogen-bond donors (Lipinski definition) is 1. The standard InChI is InChI=1S/C19H19N3O2S/c1-13-5-7-15(8-6-13)17-9-10-18(23)22(21-17)14(2)19(24)20-12-16-4-3-11-25-16/h3-11,14H,12H2,1-2H3,(H,20,24). The number of nitrogens with one attached hydrogen (secondary N) is 1. The van der Waals surface area contributed by atoms with Crippen molar-refractivity contribution in [2.24, 2.45) is 0 Å². The van der Waals surface area contributed by atoms with E-state index in [1.54, 1.807) is 24.3 Å². The summed E-state index contributed by atoms with van der Waals surface area (Å²) in [5.74, 6) is -0.232. The molecule has 0 fully saturated rings. The Morgan fingerprint density at radius 2 is 1.96 bits per heavy atom. The van der Waals surface area contributed by atoms with Gasteiger partial charge >= 0.3 is 0 Å². The third kappa shape index (κ3) is 4.03. The Labute approximate surface area is 150 Å². The summed E-state index contributed by atoms with van der Waals surface area (Å²) in [6, 6.07) is 14.2. The number of carbonyl (C=O) groups is 1. The first-order valence-electron chi connectivity index (χ1n) is 8.01. The second-order valence-electron chi connectivity index (χ2n) is 5.84. The highest BCUT2D eigenvalue weighted by atomic mass is 32.1. The molecule has 3 aromatic rings. The number of aryl methyl sites for hydroxylation is 1. The van der Waals surface area contributed by atoms with Crippen LogP contribution in [-0.2, 0) is 11.3 Å². The van der Waals surface area contributed by atoms with Crippen LogP contribution in [-0.4, -0.2) is 15.7 Å². The van der Waals surface area contributed by atoms with Crippen LogP contribution in [0.3, 0.4) is 0 Å². The molecule has 0 saturated heterocycles. The summed E-state index contributed by atoms with van der Waals surface area (Å²) in [4.78, 5) is 25.6. The van der Waals surface area contributed by atoms with Gasteiger partial charge in [0.1, 0.15) is 6.04 Å². The van der Waals surface area contributed by atoms with E-state index in [1.165, 1.54) is 10.7 Å². The smallest absolute Gasteiger partial charge is 0.267 e. The van der Waals surface area contributed by atoms with Crippen molar-refractivity contribution in [3.05, 3.63) is 74.7 Å². The van der Waals surface area contributed by atoms with Crippen molar-refractivity contribution in [3.63, 3.8) is 0 Å². The van der Waals surface area contributed by atoms with Gasteiger partial charge in [-0.3, -0.25) is 9.59 Å². The maximum Gasteiger partial charge on any atom is 0.267 e. The number of rotatable bonds is 5. The van der Waals surface area contributed by atoms with Crippen LogP contribution in [0.4, 0.5) is 0 Å². The summed E-state index contributed by atoms with van der Waals surface area (Å²) >= 11 is 1.58. The molecule has 0 saturated carbocycles. The number of amides is 1. The lowest BCUT2D eigenvalue weighted by molar-refractivity contribution is -0.124. The molecule has 1 atom stereocenters. The first kappa shape index (κ1) is 17.1. The summed E-state index contributed by atoms with van der Waals surface area (Å²) in [6.07, 6.45) is 0. The first-order chi connectivity index (χ1) is 12.0. The largest absolute Gasteiger partial charge is 0.349 e. The van der Waals surface area contributed by atoms with E-state index in [4.69, 9.17) is 0 Å². The number of nitrogens with zero attached hydrogens (tertiary/aromatic N) is 2. The monoisotopic (exact) mass is 353 g/mol. The number of benzene rings is 1. The second kappa shape index (κ2) is 7.44. The van der Waals surface area contributed by atoms with Crippen LogP contribution in [0.25, 0.3) is 11.3 Å². The molecule has 0 bridgehead atoms. The fourth-order valence-electron chi connectivity index (χ4n) is 2.43. The first-order valence-corrected chi connectivity index (χ1v) is 8.89. The van der Waals surface area contributed by atoms with Gasteiger partial charge in [0.15, 0.2) is 0 Å². The Morgan fingerprint density at radius 1 is 1.20 bits per heavy atom. The molecule has 0 spiro atoms. The molecule has 5 nitrogen and oxygen atoms in total. The normalized spacial score (nSPS) is 11.9.